The number of para-hydroxylation sites is 1. The second kappa shape index (κ2) is 8.24. The second-order valence-corrected chi connectivity index (χ2v) is 5.08. The van der Waals surface area contributed by atoms with Gasteiger partial charge in [-0.1, -0.05) is 12.1 Å². The summed E-state index contributed by atoms with van der Waals surface area (Å²) in [4.78, 5) is 10.8. The maximum Gasteiger partial charge on any atom is 0.418 e. The fourth-order valence-electron chi connectivity index (χ4n) is 2.04. The number of hydrogen-bond donors (Lipinski definition) is 2. The minimum atomic E-state index is -4.49. The van der Waals surface area contributed by atoms with E-state index in [1.807, 2.05) is 0 Å². The number of anilines is 1. The molecule has 2 rings (SSSR count). The van der Waals surface area contributed by atoms with Crippen molar-refractivity contribution in [2.24, 2.45) is 10.8 Å². The van der Waals surface area contributed by atoms with Gasteiger partial charge in [0.25, 0.3) is 5.91 Å². The van der Waals surface area contributed by atoms with Crippen LogP contribution in [0.25, 0.3) is 0 Å². The third-order valence-corrected chi connectivity index (χ3v) is 3.19. The number of carbonyl (C=O) groups excluding carboxylic acids is 1. The Kier molecular flexibility index (Phi) is 6.05. The molecule has 9 heteroatoms. The van der Waals surface area contributed by atoms with Gasteiger partial charge in [-0.2, -0.15) is 18.3 Å². The van der Waals surface area contributed by atoms with Crippen LogP contribution in [0.3, 0.4) is 0 Å². The number of hydrazone groups is 1. The Bertz CT molecular complexity index is 807. The zero-order chi connectivity index (χ0) is 19.2. The lowest BCUT2D eigenvalue weighted by Crippen LogP contribution is -2.20. The highest BCUT2D eigenvalue weighted by atomic mass is 19.4. The van der Waals surface area contributed by atoms with Crippen LogP contribution >= 0.6 is 0 Å². The van der Waals surface area contributed by atoms with Gasteiger partial charge in [-0.05, 0) is 35.9 Å². The first-order valence-electron chi connectivity index (χ1n) is 7.35. The molecule has 0 saturated carbocycles. The fourth-order valence-corrected chi connectivity index (χ4v) is 2.04. The quantitative estimate of drug-likeness (QED) is 0.582. The van der Waals surface area contributed by atoms with Crippen LogP contribution in [0.1, 0.15) is 11.1 Å². The highest BCUT2D eigenvalue weighted by Gasteiger charge is 2.33. The minimum Gasteiger partial charge on any atom is -0.493 e. The lowest BCUT2D eigenvalue weighted by molar-refractivity contribution is -0.137. The molecule has 0 spiro atoms. The molecule has 3 N–H and O–H groups in total. The molecule has 0 fully saturated rings. The number of ether oxygens (including phenoxy) is 2. The summed E-state index contributed by atoms with van der Waals surface area (Å²) < 4.78 is 49.1. The summed E-state index contributed by atoms with van der Waals surface area (Å²) in [6, 6.07) is 9.71. The molecule has 2 aromatic carbocycles. The van der Waals surface area contributed by atoms with E-state index in [0.717, 1.165) is 6.07 Å². The van der Waals surface area contributed by atoms with Gasteiger partial charge in [-0.25, -0.2) is 0 Å². The van der Waals surface area contributed by atoms with Crippen molar-refractivity contribution in [1.82, 2.24) is 0 Å². The second-order valence-electron chi connectivity index (χ2n) is 5.08. The molecule has 0 aliphatic heterocycles. The number of alkyl halides is 3. The first-order valence-corrected chi connectivity index (χ1v) is 7.35. The number of hydrogen-bond acceptors (Lipinski definition) is 5. The average Bonchev–Trinajstić information content (AvgIpc) is 2.59. The van der Waals surface area contributed by atoms with E-state index in [0.29, 0.717) is 11.3 Å². The zero-order valence-electron chi connectivity index (χ0n) is 13.7. The van der Waals surface area contributed by atoms with Gasteiger partial charge in [0.1, 0.15) is 0 Å². The van der Waals surface area contributed by atoms with Crippen molar-refractivity contribution in [2.75, 3.05) is 19.1 Å². The highest BCUT2D eigenvalue weighted by Crippen LogP contribution is 2.34. The molecule has 0 bridgehead atoms. The fraction of sp³-hybridized carbons (Fsp3) is 0.176. The zero-order valence-corrected chi connectivity index (χ0v) is 13.7. The largest absolute Gasteiger partial charge is 0.493 e. The maximum atomic E-state index is 12.9. The van der Waals surface area contributed by atoms with Crippen LogP contribution in [0.5, 0.6) is 11.5 Å². The van der Waals surface area contributed by atoms with Crippen molar-refractivity contribution in [2.45, 2.75) is 6.18 Å². The third kappa shape index (κ3) is 5.13. The number of primary amides is 1. The molecule has 0 aliphatic rings. The lowest BCUT2D eigenvalue weighted by Gasteiger charge is -2.12. The van der Waals surface area contributed by atoms with Crippen molar-refractivity contribution >= 4 is 17.8 Å². The van der Waals surface area contributed by atoms with Crippen LogP contribution in [0.15, 0.2) is 47.6 Å². The standard InChI is InChI=1S/C17H16F3N3O3/c1-25-14-7-6-11(8-15(14)26-10-16(21)24)9-22-23-13-5-3-2-4-12(13)17(18,19)20/h2-9,23H,10H2,1H3,(H2,21,24)/b22-9-. The molecule has 0 unspecified atom stereocenters. The highest BCUT2D eigenvalue weighted by molar-refractivity contribution is 5.82. The smallest absolute Gasteiger partial charge is 0.418 e. The molecule has 0 saturated heterocycles. The van der Waals surface area contributed by atoms with Gasteiger partial charge in [0.05, 0.1) is 24.6 Å². The number of benzene rings is 2. The van der Waals surface area contributed by atoms with Crippen LogP contribution in [-0.4, -0.2) is 25.8 Å². The number of methoxy groups -OCH3 is 1. The molecule has 26 heavy (non-hydrogen) atoms. The molecule has 0 heterocycles. The van der Waals surface area contributed by atoms with Crippen LogP contribution in [0.2, 0.25) is 0 Å². The van der Waals surface area contributed by atoms with E-state index in [2.05, 4.69) is 10.5 Å². The summed E-state index contributed by atoms with van der Waals surface area (Å²) in [5.41, 5.74) is 6.92. The SMILES string of the molecule is COc1ccc(/C=N\Nc2ccccc2C(F)(F)F)cc1OCC(N)=O. The first kappa shape index (κ1) is 19.1. The molecule has 0 radical (unpaired) electrons. The Balaban J connectivity index is 2.16. The molecule has 138 valence electrons. The molecule has 6 nitrogen and oxygen atoms in total. The number of rotatable bonds is 7. The van der Waals surface area contributed by atoms with Crippen molar-refractivity contribution in [1.29, 1.82) is 0 Å². The Labute approximate surface area is 147 Å². The van der Waals surface area contributed by atoms with Crippen LogP contribution in [0.4, 0.5) is 18.9 Å². The maximum absolute atomic E-state index is 12.9. The van der Waals surface area contributed by atoms with Crippen molar-refractivity contribution in [3.63, 3.8) is 0 Å². The number of halogens is 3. The number of nitrogens with two attached hydrogens (primary N) is 1. The van der Waals surface area contributed by atoms with Gasteiger partial charge in [0.2, 0.25) is 0 Å². The molecular weight excluding hydrogens is 351 g/mol. The number of nitrogens with zero attached hydrogens (tertiary/aromatic N) is 1. The van der Waals surface area contributed by atoms with Crippen molar-refractivity contribution in [3.8, 4) is 11.5 Å². The van der Waals surface area contributed by atoms with Gasteiger partial charge in [0, 0.05) is 0 Å². The molecule has 1 amide bonds. The van der Waals surface area contributed by atoms with E-state index in [9.17, 15) is 18.0 Å². The van der Waals surface area contributed by atoms with E-state index in [-0.39, 0.29) is 18.0 Å². The van der Waals surface area contributed by atoms with E-state index in [1.54, 1.807) is 12.1 Å². The summed E-state index contributed by atoms with van der Waals surface area (Å²) in [7, 11) is 1.43. The normalized spacial score (nSPS) is 11.4. The molecule has 2 aromatic rings. The molecule has 0 aliphatic carbocycles. The van der Waals surface area contributed by atoms with Crippen LogP contribution in [0, 0.1) is 0 Å². The average molecular weight is 367 g/mol. The minimum absolute atomic E-state index is 0.171. The van der Waals surface area contributed by atoms with Gasteiger partial charge in [0.15, 0.2) is 18.1 Å². The summed E-state index contributed by atoms with van der Waals surface area (Å²) in [6.45, 7) is -0.339. The monoisotopic (exact) mass is 367 g/mol. The van der Waals surface area contributed by atoms with E-state index in [1.165, 1.54) is 37.6 Å². The van der Waals surface area contributed by atoms with Gasteiger partial charge >= 0.3 is 6.18 Å². The Morgan fingerprint density at radius 2 is 1.96 bits per heavy atom. The Hall–Kier alpha value is -3.23. The van der Waals surface area contributed by atoms with E-state index >= 15 is 0 Å². The van der Waals surface area contributed by atoms with Gasteiger partial charge < -0.3 is 15.2 Å². The predicted octanol–water partition coefficient (Wildman–Crippen LogP) is 3.02. The number of nitrogens with one attached hydrogen (secondary N) is 1. The molecule has 0 aromatic heterocycles. The molecule has 0 atom stereocenters. The summed E-state index contributed by atoms with van der Waals surface area (Å²) in [6.07, 6.45) is -3.18. The predicted molar refractivity (Wildman–Crippen MR) is 90.3 cm³/mol. The Morgan fingerprint density at radius 1 is 1.23 bits per heavy atom. The number of carbonyl (C=O) groups is 1. The first-order chi connectivity index (χ1) is 12.3. The summed E-state index contributed by atoms with van der Waals surface area (Å²) >= 11 is 0. The topological polar surface area (TPSA) is 85.9 Å². The Morgan fingerprint density at radius 3 is 2.62 bits per heavy atom. The lowest BCUT2D eigenvalue weighted by atomic mass is 10.2. The summed E-state index contributed by atoms with van der Waals surface area (Å²) in [5, 5.41) is 3.81. The van der Waals surface area contributed by atoms with Gasteiger partial charge in [-0.15, -0.1) is 0 Å². The van der Waals surface area contributed by atoms with Crippen molar-refractivity contribution < 1.29 is 27.4 Å². The van der Waals surface area contributed by atoms with Crippen LogP contribution < -0.4 is 20.6 Å². The van der Waals surface area contributed by atoms with Crippen molar-refractivity contribution in [3.05, 3.63) is 53.6 Å². The molecular formula is C17H16F3N3O3. The van der Waals surface area contributed by atoms with E-state index < -0.39 is 17.6 Å². The third-order valence-electron chi connectivity index (χ3n) is 3.19. The van der Waals surface area contributed by atoms with Gasteiger partial charge in [-0.3, -0.25) is 10.2 Å². The van der Waals surface area contributed by atoms with E-state index in [4.69, 9.17) is 15.2 Å². The van der Waals surface area contributed by atoms with Crippen LogP contribution in [-0.2, 0) is 11.0 Å². The number of amides is 1. The summed E-state index contributed by atoms with van der Waals surface area (Å²) in [5.74, 6) is -0.0266.